The van der Waals surface area contributed by atoms with Crippen LogP contribution in [0.15, 0.2) is 66.7 Å². The molecule has 0 atom stereocenters. The van der Waals surface area contributed by atoms with Crippen molar-refractivity contribution in [2.45, 2.75) is 33.1 Å². The number of benzene rings is 3. The van der Waals surface area contributed by atoms with Crippen LogP contribution in [0, 0.1) is 6.92 Å². The second kappa shape index (κ2) is 9.30. The van der Waals surface area contributed by atoms with Gasteiger partial charge in [0.2, 0.25) is 0 Å². The predicted molar refractivity (Wildman–Crippen MR) is 109 cm³/mol. The standard InChI is InChI=1S/C13H11ClO.C10H14O/c14-12-6-7-13(15)11(9-12)8-10-4-2-1-3-5-10;1-7(2)9-5-4-8(3)6-10(9)11/h1-7,9,15H,8H2;4-7,11H,1-3H3. The summed E-state index contributed by atoms with van der Waals surface area (Å²) in [6.45, 7) is 6.12. The Bertz CT molecular complexity index is 842. The molecule has 0 heterocycles. The second-order valence-electron chi connectivity index (χ2n) is 6.65. The molecule has 3 aromatic carbocycles. The molecule has 0 saturated carbocycles. The zero-order valence-electron chi connectivity index (χ0n) is 15.4. The molecule has 0 aliphatic heterocycles. The van der Waals surface area contributed by atoms with Gasteiger partial charge in [-0.25, -0.2) is 0 Å². The lowest BCUT2D eigenvalue weighted by atomic mass is 10.0. The van der Waals surface area contributed by atoms with E-state index in [4.69, 9.17) is 11.6 Å². The first-order valence-electron chi connectivity index (χ1n) is 8.67. The number of halogens is 1. The van der Waals surface area contributed by atoms with Gasteiger partial charge in [0, 0.05) is 11.4 Å². The first-order chi connectivity index (χ1) is 12.4. The van der Waals surface area contributed by atoms with Gasteiger partial charge >= 0.3 is 0 Å². The summed E-state index contributed by atoms with van der Waals surface area (Å²) in [6.07, 6.45) is 0.702. The minimum Gasteiger partial charge on any atom is -0.508 e. The Morgan fingerprint density at radius 2 is 1.54 bits per heavy atom. The Hall–Kier alpha value is -2.45. The minimum absolute atomic E-state index is 0.295. The summed E-state index contributed by atoms with van der Waals surface area (Å²) < 4.78 is 0. The van der Waals surface area contributed by atoms with Crippen molar-refractivity contribution in [2.75, 3.05) is 0 Å². The quantitative estimate of drug-likeness (QED) is 0.556. The van der Waals surface area contributed by atoms with Crippen molar-refractivity contribution in [1.29, 1.82) is 0 Å². The first-order valence-corrected chi connectivity index (χ1v) is 9.05. The van der Waals surface area contributed by atoms with E-state index in [1.165, 1.54) is 0 Å². The smallest absolute Gasteiger partial charge is 0.119 e. The highest BCUT2D eigenvalue weighted by Gasteiger charge is 2.04. The summed E-state index contributed by atoms with van der Waals surface area (Å²) in [5.41, 5.74) is 4.14. The highest BCUT2D eigenvalue weighted by molar-refractivity contribution is 6.30. The van der Waals surface area contributed by atoms with Crippen molar-refractivity contribution in [3.8, 4) is 11.5 Å². The molecule has 3 aromatic rings. The molecule has 2 N–H and O–H groups in total. The van der Waals surface area contributed by atoms with Gasteiger partial charge in [0.25, 0.3) is 0 Å². The van der Waals surface area contributed by atoms with E-state index in [-0.39, 0.29) is 0 Å². The third-order valence-corrected chi connectivity index (χ3v) is 4.32. The van der Waals surface area contributed by atoms with Crippen molar-refractivity contribution in [3.05, 3.63) is 94.0 Å². The number of aryl methyl sites for hydroxylation is 1. The predicted octanol–water partition coefficient (Wildman–Crippen LogP) is 6.46. The zero-order valence-corrected chi connectivity index (χ0v) is 16.2. The van der Waals surface area contributed by atoms with Gasteiger partial charge in [0.15, 0.2) is 0 Å². The maximum absolute atomic E-state index is 9.64. The van der Waals surface area contributed by atoms with Crippen molar-refractivity contribution < 1.29 is 10.2 Å². The van der Waals surface area contributed by atoms with Crippen LogP contribution in [0.25, 0.3) is 0 Å². The molecule has 0 radical (unpaired) electrons. The lowest BCUT2D eigenvalue weighted by molar-refractivity contribution is 0.464. The number of rotatable bonds is 3. The Morgan fingerprint density at radius 3 is 2.15 bits per heavy atom. The van der Waals surface area contributed by atoms with Gasteiger partial charge in [-0.05, 0) is 59.4 Å². The van der Waals surface area contributed by atoms with Crippen LogP contribution in [0.5, 0.6) is 11.5 Å². The van der Waals surface area contributed by atoms with E-state index in [1.54, 1.807) is 24.3 Å². The summed E-state index contributed by atoms with van der Waals surface area (Å²) in [5.74, 6) is 1.11. The fraction of sp³-hybridized carbons (Fsp3) is 0.217. The second-order valence-corrected chi connectivity index (χ2v) is 7.09. The molecule has 0 bridgehead atoms. The third kappa shape index (κ3) is 5.82. The highest BCUT2D eigenvalue weighted by atomic mass is 35.5. The fourth-order valence-corrected chi connectivity index (χ4v) is 2.85. The monoisotopic (exact) mass is 368 g/mol. The molecule has 0 aliphatic rings. The van der Waals surface area contributed by atoms with E-state index >= 15 is 0 Å². The average Bonchev–Trinajstić information content (AvgIpc) is 2.59. The van der Waals surface area contributed by atoms with Gasteiger partial charge in [-0.15, -0.1) is 0 Å². The van der Waals surface area contributed by atoms with Gasteiger partial charge in [-0.1, -0.05) is 67.9 Å². The van der Waals surface area contributed by atoms with Gasteiger partial charge in [0.1, 0.15) is 11.5 Å². The van der Waals surface area contributed by atoms with E-state index in [0.717, 1.165) is 22.3 Å². The van der Waals surface area contributed by atoms with Crippen molar-refractivity contribution >= 4 is 11.6 Å². The minimum atomic E-state index is 0.295. The zero-order chi connectivity index (χ0) is 19.1. The number of hydrogen-bond acceptors (Lipinski definition) is 2. The summed E-state index contributed by atoms with van der Waals surface area (Å²) in [6, 6.07) is 20.9. The maximum Gasteiger partial charge on any atom is 0.119 e. The van der Waals surface area contributed by atoms with E-state index in [0.29, 0.717) is 28.9 Å². The first kappa shape index (κ1) is 19.9. The van der Waals surface area contributed by atoms with E-state index in [1.807, 2.05) is 49.4 Å². The van der Waals surface area contributed by atoms with Crippen LogP contribution in [0.1, 0.15) is 42.0 Å². The van der Waals surface area contributed by atoms with Gasteiger partial charge < -0.3 is 10.2 Å². The van der Waals surface area contributed by atoms with Gasteiger partial charge in [0.05, 0.1) is 0 Å². The Labute approximate surface area is 160 Å². The number of phenols is 2. The van der Waals surface area contributed by atoms with Crippen molar-refractivity contribution in [3.63, 3.8) is 0 Å². The summed E-state index contributed by atoms with van der Waals surface area (Å²) in [7, 11) is 0. The molecule has 0 unspecified atom stereocenters. The lowest BCUT2D eigenvalue weighted by Gasteiger charge is -2.07. The van der Waals surface area contributed by atoms with Crippen molar-refractivity contribution in [2.24, 2.45) is 0 Å². The van der Waals surface area contributed by atoms with Crippen LogP contribution in [-0.2, 0) is 6.42 Å². The molecule has 26 heavy (non-hydrogen) atoms. The van der Waals surface area contributed by atoms with Crippen molar-refractivity contribution in [1.82, 2.24) is 0 Å². The van der Waals surface area contributed by atoms with E-state index in [9.17, 15) is 10.2 Å². The Balaban J connectivity index is 0.000000197. The van der Waals surface area contributed by atoms with Crippen LogP contribution in [0.4, 0.5) is 0 Å². The Morgan fingerprint density at radius 1 is 0.846 bits per heavy atom. The third-order valence-electron chi connectivity index (χ3n) is 4.09. The van der Waals surface area contributed by atoms with Crippen LogP contribution >= 0.6 is 11.6 Å². The van der Waals surface area contributed by atoms with Crippen LogP contribution in [-0.4, -0.2) is 10.2 Å². The Kier molecular flexibility index (Phi) is 7.11. The van der Waals surface area contributed by atoms with Crippen LogP contribution < -0.4 is 0 Å². The molecule has 0 amide bonds. The molecule has 136 valence electrons. The molecule has 0 aliphatic carbocycles. The summed E-state index contributed by atoms with van der Waals surface area (Å²) in [4.78, 5) is 0. The molecule has 0 spiro atoms. The number of phenolic OH excluding ortho intramolecular Hbond substituents is 2. The van der Waals surface area contributed by atoms with Gasteiger partial charge in [-0.3, -0.25) is 0 Å². The molecular formula is C23H25ClO2. The van der Waals surface area contributed by atoms with E-state index < -0.39 is 0 Å². The topological polar surface area (TPSA) is 40.5 Å². The SMILES string of the molecule is Cc1ccc(C(C)C)c(O)c1.Oc1ccc(Cl)cc1Cc1ccccc1. The highest BCUT2D eigenvalue weighted by Crippen LogP contribution is 2.26. The summed E-state index contributed by atoms with van der Waals surface area (Å²) in [5, 5.41) is 19.8. The van der Waals surface area contributed by atoms with Gasteiger partial charge in [-0.2, -0.15) is 0 Å². The molecule has 3 rings (SSSR count). The lowest BCUT2D eigenvalue weighted by Crippen LogP contribution is -1.88. The summed E-state index contributed by atoms with van der Waals surface area (Å²) >= 11 is 5.87. The van der Waals surface area contributed by atoms with Crippen LogP contribution in [0.3, 0.4) is 0 Å². The molecular weight excluding hydrogens is 344 g/mol. The normalized spacial score (nSPS) is 10.3. The average molecular weight is 369 g/mol. The largest absolute Gasteiger partial charge is 0.508 e. The number of hydrogen-bond donors (Lipinski definition) is 2. The molecule has 0 aromatic heterocycles. The molecule has 3 heteroatoms. The number of aromatic hydroxyl groups is 2. The van der Waals surface area contributed by atoms with E-state index in [2.05, 4.69) is 13.8 Å². The van der Waals surface area contributed by atoms with Crippen LogP contribution in [0.2, 0.25) is 5.02 Å². The molecule has 0 saturated heterocycles. The molecule has 2 nitrogen and oxygen atoms in total. The maximum atomic E-state index is 9.64. The molecule has 0 fully saturated rings. The fourth-order valence-electron chi connectivity index (χ4n) is 2.65.